The number of aromatic nitrogens is 2. The maximum atomic E-state index is 4.68. The van der Waals surface area contributed by atoms with Gasteiger partial charge in [0, 0.05) is 37.3 Å². The van der Waals surface area contributed by atoms with Gasteiger partial charge in [0.25, 0.3) is 0 Å². The first kappa shape index (κ1) is 10.4. The largest absolute Gasteiger partial charge is 0.339 e. The molecule has 0 atom stereocenters. The fourth-order valence-electron chi connectivity index (χ4n) is 2.14. The molecule has 0 saturated carbocycles. The average Bonchev–Trinajstić information content (AvgIpc) is 2.39. The molecule has 3 rings (SSSR count). The lowest BCUT2D eigenvalue weighted by molar-refractivity contribution is 0.620. The second-order valence-corrected chi connectivity index (χ2v) is 5.39. The molecular formula is C11H16N4S. The molecule has 16 heavy (non-hydrogen) atoms. The molecule has 2 aliphatic rings. The van der Waals surface area contributed by atoms with E-state index in [9.17, 15) is 0 Å². The highest BCUT2D eigenvalue weighted by Gasteiger charge is 2.17. The molecule has 0 aliphatic carbocycles. The Morgan fingerprint density at radius 2 is 2.19 bits per heavy atom. The predicted molar refractivity (Wildman–Crippen MR) is 67.0 cm³/mol. The van der Waals surface area contributed by atoms with Gasteiger partial charge in [-0.05, 0) is 18.5 Å². The number of rotatable bonds is 1. The first-order chi connectivity index (χ1) is 7.93. The number of hydrogen-bond donors (Lipinski definition) is 1. The SMILES string of the molecule is c1nc(N2CCSCC2)nc2c1CCNC2. The van der Waals surface area contributed by atoms with Crippen LogP contribution in [0.5, 0.6) is 0 Å². The summed E-state index contributed by atoms with van der Waals surface area (Å²) in [4.78, 5) is 11.5. The second kappa shape index (κ2) is 4.59. The van der Waals surface area contributed by atoms with Crippen LogP contribution < -0.4 is 10.2 Å². The van der Waals surface area contributed by atoms with Crippen LogP contribution in [0.25, 0.3) is 0 Å². The van der Waals surface area contributed by atoms with E-state index in [0.29, 0.717) is 0 Å². The fraction of sp³-hybridized carbons (Fsp3) is 0.636. The number of thioether (sulfide) groups is 1. The van der Waals surface area contributed by atoms with Crippen molar-refractivity contribution in [2.45, 2.75) is 13.0 Å². The molecule has 5 heteroatoms. The molecule has 3 heterocycles. The van der Waals surface area contributed by atoms with Crippen molar-refractivity contribution in [3.63, 3.8) is 0 Å². The highest BCUT2D eigenvalue weighted by molar-refractivity contribution is 7.99. The van der Waals surface area contributed by atoms with E-state index in [4.69, 9.17) is 0 Å². The van der Waals surface area contributed by atoms with E-state index in [-0.39, 0.29) is 0 Å². The number of nitrogens with one attached hydrogen (secondary N) is 1. The Hall–Kier alpha value is -0.810. The molecule has 1 N–H and O–H groups in total. The summed E-state index contributed by atoms with van der Waals surface area (Å²) >= 11 is 2.01. The number of hydrogen-bond acceptors (Lipinski definition) is 5. The summed E-state index contributed by atoms with van der Waals surface area (Å²) in [6.07, 6.45) is 3.08. The lowest BCUT2D eigenvalue weighted by Gasteiger charge is -2.27. The number of fused-ring (bicyclic) bond motifs is 1. The van der Waals surface area contributed by atoms with Crippen LogP contribution in [0.3, 0.4) is 0 Å². The maximum absolute atomic E-state index is 4.68. The minimum Gasteiger partial charge on any atom is -0.339 e. The van der Waals surface area contributed by atoms with Crippen LogP contribution in [-0.2, 0) is 13.0 Å². The Labute approximate surface area is 99.8 Å². The summed E-state index contributed by atoms with van der Waals surface area (Å²) in [5.41, 5.74) is 2.50. The zero-order valence-electron chi connectivity index (χ0n) is 9.28. The van der Waals surface area contributed by atoms with E-state index < -0.39 is 0 Å². The molecule has 0 bridgehead atoms. The Balaban J connectivity index is 1.84. The van der Waals surface area contributed by atoms with E-state index in [1.807, 2.05) is 18.0 Å². The number of nitrogens with zero attached hydrogens (tertiary/aromatic N) is 3. The Bertz CT molecular complexity index is 376. The zero-order valence-corrected chi connectivity index (χ0v) is 10.1. The molecule has 86 valence electrons. The van der Waals surface area contributed by atoms with Gasteiger partial charge < -0.3 is 10.2 Å². The second-order valence-electron chi connectivity index (χ2n) is 4.17. The molecule has 0 amide bonds. The van der Waals surface area contributed by atoms with Gasteiger partial charge in [-0.3, -0.25) is 0 Å². The van der Waals surface area contributed by atoms with Crippen LogP contribution >= 0.6 is 11.8 Å². The maximum Gasteiger partial charge on any atom is 0.225 e. The van der Waals surface area contributed by atoms with Gasteiger partial charge in [-0.1, -0.05) is 0 Å². The molecule has 0 radical (unpaired) electrons. The van der Waals surface area contributed by atoms with Crippen molar-refractivity contribution in [1.29, 1.82) is 0 Å². The van der Waals surface area contributed by atoms with Crippen molar-refractivity contribution in [2.75, 3.05) is 36.0 Å². The minimum absolute atomic E-state index is 0.896. The van der Waals surface area contributed by atoms with Gasteiger partial charge in [0.05, 0.1) is 5.69 Å². The van der Waals surface area contributed by atoms with Gasteiger partial charge in [-0.15, -0.1) is 0 Å². The fourth-order valence-corrected chi connectivity index (χ4v) is 3.04. The minimum atomic E-state index is 0.896. The highest BCUT2D eigenvalue weighted by atomic mass is 32.2. The summed E-state index contributed by atoms with van der Waals surface area (Å²) in [6.45, 7) is 4.11. The summed E-state index contributed by atoms with van der Waals surface area (Å²) in [6, 6.07) is 0. The summed E-state index contributed by atoms with van der Waals surface area (Å²) in [5, 5.41) is 3.36. The Morgan fingerprint density at radius 1 is 1.31 bits per heavy atom. The first-order valence-corrected chi connectivity index (χ1v) is 6.97. The standard InChI is InChI=1S/C11H16N4S/c1-2-12-8-10-9(1)7-13-11(14-10)15-3-5-16-6-4-15/h7,12H,1-6,8H2. The molecular weight excluding hydrogens is 220 g/mol. The normalized spacial score (nSPS) is 20.6. The van der Waals surface area contributed by atoms with Gasteiger partial charge in [0.2, 0.25) is 5.95 Å². The third-order valence-corrected chi connectivity index (χ3v) is 4.04. The Kier molecular flexibility index (Phi) is 2.97. The van der Waals surface area contributed by atoms with Crippen molar-refractivity contribution in [2.24, 2.45) is 0 Å². The molecule has 4 nitrogen and oxygen atoms in total. The van der Waals surface area contributed by atoms with Crippen molar-refractivity contribution in [1.82, 2.24) is 15.3 Å². The first-order valence-electron chi connectivity index (χ1n) is 5.82. The molecule has 1 aromatic rings. The molecule has 0 spiro atoms. The van der Waals surface area contributed by atoms with Crippen LogP contribution in [0.2, 0.25) is 0 Å². The monoisotopic (exact) mass is 236 g/mol. The summed E-state index contributed by atoms with van der Waals surface area (Å²) in [7, 11) is 0. The zero-order chi connectivity index (χ0) is 10.8. The van der Waals surface area contributed by atoms with Gasteiger partial charge >= 0.3 is 0 Å². The van der Waals surface area contributed by atoms with E-state index in [1.54, 1.807) is 0 Å². The van der Waals surface area contributed by atoms with Crippen molar-refractivity contribution < 1.29 is 0 Å². The van der Waals surface area contributed by atoms with E-state index >= 15 is 0 Å². The summed E-state index contributed by atoms with van der Waals surface area (Å²) < 4.78 is 0. The van der Waals surface area contributed by atoms with Crippen LogP contribution in [0, 0.1) is 0 Å². The van der Waals surface area contributed by atoms with Crippen LogP contribution in [0.1, 0.15) is 11.3 Å². The van der Waals surface area contributed by atoms with Crippen molar-refractivity contribution in [3.8, 4) is 0 Å². The molecule has 1 fully saturated rings. The molecule has 0 aromatic carbocycles. The van der Waals surface area contributed by atoms with Crippen LogP contribution in [-0.4, -0.2) is 41.1 Å². The Morgan fingerprint density at radius 3 is 3.06 bits per heavy atom. The smallest absolute Gasteiger partial charge is 0.225 e. The van der Waals surface area contributed by atoms with Gasteiger partial charge in [0.15, 0.2) is 0 Å². The van der Waals surface area contributed by atoms with E-state index in [1.165, 1.54) is 22.8 Å². The lowest BCUT2D eigenvalue weighted by atomic mass is 10.1. The van der Waals surface area contributed by atoms with E-state index in [2.05, 4.69) is 20.2 Å². The van der Waals surface area contributed by atoms with Gasteiger partial charge in [-0.2, -0.15) is 11.8 Å². The third-order valence-electron chi connectivity index (χ3n) is 3.10. The average molecular weight is 236 g/mol. The highest BCUT2D eigenvalue weighted by Crippen LogP contribution is 2.18. The molecule has 0 unspecified atom stereocenters. The van der Waals surface area contributed by atoms with Crippen LogP contribution in [0.4, 0.5) is 5.95 Å². The number of anilines is 1. The third kappa shape index (κ3) is 2.01. The van der Waals surface area contributed by atoms with Crippen molar-refractivity contribution in [3.05, 3.63) is 17.5 Å². The molecule has 1 saturated heterocycles. The van der Waals surface area contributed by atoms with Crippen molar-refractivity contribution >= 4 is 17.7 Å². The van der Waals surface area contributed by atoms with Gasteiger partial charge in [-0.25, -0.2) is 9.97 Å². The lowest BCUT2D eigenvalue weighted by Crippen LogP contribution is -2.35. The van der Waals surface area contributed by atoms with Gasteiger partial charge in [0.1, 0.15) is 0 Å². The summed E-state index contributed by atoms with van der Waals surface area (Å²) in [5.74, 6) is 3.31. The topological polar surface area (TPSA) is 41.1 Å². The van der Waals surface area contributed by atoms with E-state index in [0.717, 1.165) is 38.5 Å². The predicted octanol–water partition coefficient (Wildman–Crippen LogP) is 0.675. The molecule has 2 aliphatic heterocycles. The van der Waals surface area contributed by atoms with Crippen LogP contribution in [0.15, 0.2) is 6.20 Å². The quantitative estimate of drug-likeness (QED) is 0.776. The molecule has 1 aromatic heterocycles.